The van der Waals surface area contributed by atoms with Gasteiger partial charge in [0.2, 0.25) is 0 Å². The largest absolute Gasteiger partial charge is 0.337 e. The standard InChI is InChI=1S/C15H19FN2O/c1-17-8-4-5-11-9-18(10-14(11)17)15(19)12-6-2-3-7-13(12)16/h2-3,6-7,11,14H,4-5,8-10H2,1H3/t11-,14+/m0/s1. The molecule has 0 spiro atoms. The van der Waals surface area contributed by atoms with Crippen LogP contribution in [0, 0.1) is 11.7 Å². The van der Waals surface area contributed by atoms with Gasteiger partial charge >= 0.3 is 0 Å². The highest BCUT2D eigenvalue weighted by atomic mass is 19.1. The number of carbonyl (C=O) groups is 1. The summed E-state index contributed by atoms with van der Waals surface area (Å²) in [5.74, 6) is -0.0360. The van der Waals surface area contributed by atoms with E-state index in [1.165, 1.54) is 18.9 Å². The van der Waals surface area contributed by atoms with Gasteiger partial charge in [-0.15, -0.1) is 0 Å². The molecule has 0 aromatic heterocycles. The predicted octanol–water partition coefficient (Wildman–Crippen LogP) is 1.99. The Bertz CT molecular complexity index is 491. The lowest BCUT2D eigenvalue weighted by Crippen LogP contribution is -2.42. The molecule has 2 aliphatic rings. The van der Waals surface area contributed by atoms with E-state index in [1.807, 2.05) is 4.90 Å². The third kappa shape index (κ3) is 2.25. The normalized spacial score (nSPS) is 27.4. The predicted molar refractivity (Wildman–Crippen MR) is 71.4 cm³/mol. The van der Waals surface area contributed by atoms with Gasteiger partial charge in [-0.05, 0) is 44.5 Å². The van der Waals surface area contributed by atoms with Crippen molar-refractivity contribution in [1.82, 2.24) is 9.80 Å². The maximum atomic E-state index is 13.7. The number of likely N-dealkylation sites (N-methyl/N-ethyl adjacent to an activating group) is 1. The average molecular weight is 262 g/mol. The molecule has 0 radical (unpaired) electrons. The molecule has 2 aliphatic heterocycles. The highest BCUT2D eigenvalue weighted by Crippen LogP contribution is 2.30. The fraction of sp³-hybridized carbons (Fsp3) is 0.533. The lowest BCUT2D eigenvalue weighted by Gasteiger charge is -2.33. The molecule has 0 aliphatic carbocycles. The van der Waals surface area contributed by atoms with Crippen molar-refractivity contribution in [3.05, 3.63) is 35.6 Å². The highest BCUT2D eigenvalue weighted by Gasteiger charge is 2.39. The summed E-state index contributed by atoms with van der Waals surface area (Å²) in [7, 11) is 2.12. The van der Waals surface area contributed by atoms with Crippen molar-refractivity contribution in [3.8, 4) is 0 Å². The van der Waals surface area contributed by atoms with Gasteiger partial charge in [0, 0.05) is 19.1 Å². The summed E-state index contributed by atoms with van der Waals surface area (Å²) in [5.41, 5.74) is 0.198. The Labute approximate surface area is 113 Å². The lowest BCUT2D eigenvalue weighted by molar-refractivity contribution is 0.0776. The van der Waals surface area contributed by atoms with Crippen LogP contribution in [0.4, 0.5) is 4.39 Å². The topological polar surface area (TPSA) is 23.6 Å². The number of nitrogens with zero attached hydrogens (tertiary/aromatic N) is 2. The molecule has 1 aromatic rings. The molecule has 0 bridgehead atoms. The van der Waals surface area contributed by atoms with Crippen LogP contribution in [0.25, 0.3) is 0 Å². The number of amides is 1. The molecule has 2 saturated heterocycles. The molecule has 3 nitrogen and oxygen atoms in total. The van der Waals surface area contributed by atoms with Gasteiger partial charge in [0.25, 0.3) is 5.91 Å². The van der Waals surface area contributed by atoms with Crippen molar-refractivity contribution in [3.63, 3.8) is 0 Å². The van der Waals surface area contributed by atoms with Gasteiger partial charge in [-0.25, -0.2) is 4.39 Å². The monoisotopic (exact) mass is 262 g/mol. The van der Waals surface area contributed by atoms with Crippen LogP contribution in [-0.2, 0) is 0 Å². The quantitative estimate of drug-likeness (QED) is 0.773. The van der Waals surface area contributed by atoms with E-state index in [2.05, 4.69) is 11.9 Å². The van der Waals surface area contributed by atoms with Crippen molar-refractivity contribution < 1.29 is 9.18 Å². The molecule has 3 rings (SSSR count). The van der Waals surface area contributed by atoms with Crippen LogP contribution < -0.4 is 0 Å². The average Bonchev–Trinajstić information content (AvgIpc) is 2.84. The summed E-state index contributed by atoms with van der Waals surface area (Å²) in [6.45, 7) is 2.60. The van der Waals surface area contributed by atoms with E-state index in [0.29, 0.717) is 12.0 Å². The molecule has 1 aromatic carbocycles. The van der Waals surface area contributed by atoms with Crippen LogP contribution in [0.2, 0.25) is 0 Å². The number of carbonyl (C=O) groups excluding carboxylic acids is 1. The molecule has 2 heterocycles. The van der Waals surface area contributed by atoms with Gasteiger partial charge in [-0.3, -0.25) is 4.79 Å². The van der Waals surface area contributed by atoms with E-state index in [9.17, 15) is 9.18 Å². The van der Waals surface area contributed by atoms with Crippen molar-refractivity contribution in [2.45, 2.75) is 18.9 Å². The first-order valence-corrected chi connectivity index (χ1v) is 6.91. The van der Waals surface area contributed by atoms with Crippen molar-refractivity contribution >= 4 is 5.91 Å². The zero-order chi connectivity index (χ0) is 13.4. The number of hydrogen-bond acceptors (Lipinski definition) is 2. The molecule has 2 atom stereocenters. The third-order valence-corrected chi connectivity index (χ3v) is 4.45. The van der Waals surface area contributed by atoms with Gasteiger partial charge in [0.05, 0.1) is 5.56 Å². The van der Waals surface area contributed by atoms with E-state index in [1.54, 1.807) is 18.2 Å². The van der Waals surface area contributed by atoms with Crippen LogP contribution in [-0.4, -0.2) is 48.4 Å². The second-order valence-corrected chi connectivity index (χ2v) is 5.64. The van der Waals surface area contributed by atoms with Crippen LogP contribution in [0.5, 0.6) is 0 Å². The first-order valence-electron chi connectivity index (χ1n) is 6.91. The lowest BCUT2D eigenvalue weighted by atomic mass is 9.93. The highest BCUT2D eigenvalue weighted by molar-refractivity contribution is 5.94. The number of halogens is 1. The molecule has 102 valence electrons. The molecule has 0 saturated carbocycles. The Morgan fingerprint density at radius 3 is 2.84 bits per heavy atom. The number of benzene rings is 1. The minimum absolute atomic E-state index is 0.166. The summed E-state index contributed by atoms with van der Waals surface area (Å²) in [6, 6.07) is 6.70. The van der Waals surface area contributed by atoms with Crippen LogP contribution >= 0.6 is 0 Å². The smallest absolute Gasteiger partial charge is 0.256 e. The van der Waals surface area contributed by atoms with Crippen LogP contribution in [0.1, 0.15) is 23.2 Å². The van der Waals surface area contributed by atoms with E-state index in [0.717, 1.165) is 19.6 Å². The zero-order valence-corrected chi connectivity index (χ0v) is 11.2. The number of fused-ring (bicyclic) bond motifs is 1. The fourth-order valence-corrected chi connectivity index (χ4v) is 3.38. The fourth-order valence-electron chi connectivity index (χ4n) is 3.38. The second kappa shape index (κ2) is 4.93. The Balaban J connectivity index is 1.78. The number of likely N-dealkylation sites (tertiary alicyclic amines) is 2. The number of hydrogen-bond donors (Lipinski definition) is 0. The summed E-state index contributed by atoms with van der Waals surface area (Å²) >= 11 is 0. The molecule has 2 fully saturated rings. The summed E-state index contributed by atoms with van der Waals surface area (Å²) in [4.78, 5) is 16.5. The minimum atomic E-state index is -0.421. The summed E-state index contributed by atoms with van der Waals surface area (Å²) in [6.07, 6.45) is 2.37. The Hall–Kier alpha value is -1.42. The number of piperidine rings is 1. The van der Waals surface area contributed by atoms with Crippen molar-refractivity contribution in [2.75, 3.05) is 26.7 Å². The van der Waals surface area contributed by atoms with Crippen molar-refractivity contribution in [1.29, 1.82) is 0 Å². The van der Waals surface area contributed by atoms with Crippen LogP contribution in [0.15, 0.2) is 24.3 Å². The molecule has 0 N–H and O–H groups in total. The molecular formula is C15H19FN2O. The second-order valence-electron chi connectivity index (χ2n) is 5.64. The Kier molecular flexibility index (Phi) is 3.27. The van der Waals surface area contributed by atoms with E-state index < -0.39 is 5.82 Å². The van der Waals surface area contributed by atoms with Gasteiger partial charge in [-0.1, -0.05) is 12.1 Å². The SMILES string of the molecule is CN1CCC[C@H]2CN(C(=O)c3ccccc3F)C[C@H]21. The van der Waals surface area contributed by atoms with Gasteiger partial charge in [0.15, 0.2) is 0 Å². The van der Waals surface area contributed by atoms with E-state index >= 15 is 0 Å². The number of rotatable bonds is 1. The first-order chi connectivity index (χ1) is 9.16. The van der Waals surface area contributed by atoms with E-state index in [4.69, 9.17) is 0 Å². The van der Waals surface area contributed by atoms with Gasteiger partial charge in [-0.2, -0.15) is 0 Å². The van der Waals surface area contributed by atoms with E-state index in [-0.39, 0.29) is 11.5 Å². The molecule has 0 unspecified atom stereocenters. The zero-order valence-electron chi connectivity index (χ0n) is 11.2. The molecule has 19 heavy (non-hydrogen) atoms. The summed E-state index contributed by atoms with van der Waals surface area (Å²) < 4.78 is 13.7. The molecule has 1 amide bonds. The first kappa shape index (κ1) is 12.6. The van der Waals surface area contributed by atoms with Gasteiger partial charge in [0.1, 0.15) is 5.82 Å². The minimum Gasteiger partial charge on any atom is -0.337 e. The maximum absolute atomic E-state index is 13.7. The molecule has 4 heteroatoms. The van der Waals surface area contributed by atoms with Crippen LogP contribution in [0.3, 0.4) is 0 Å². The Morgan fingerprint density at radius 2 is 2.11 bits per heavy atom. The van der Waals surface area contributed by atoms with Gasteiger partial charge < -0.3 is 9.80 Å². The van der Waals surface area contributed by atoms with Crippen molar-refractivity contribution in [2.24, 2.45) is 5.92 Å². The third-order valence-electron chi connectivity index (χ3n) is 4.45. The Morgan fingerprint density at radius 1 is 1.32 bits per heavy atom. The maximum Gasteiger partial charge on any atom is 0.256 e. The summed E-state index contributed by atoms with van der Waals surface area (Å²) in [5, 5.41) is 0. The molecular weight excluding hydrogens is 243 g/mol.